The van der Waals surface area contributed by atoms with Crippen LogP contribution in [-0.4, -0.2) is 4.98 Å². The summed E-state index contributed by atoms with van der Waals surface area (Å²) in [6.45, 7) is 22.4. The number of hydrogen-bond acceptors (Lipinski definition) is 3. The minimum absolute atomic E-state index is 0.106. The number of pyridine rings is 1. The fourth-order valence-corrected chi connectivity index (χ4v) is 6.98. The summed E-state index contributed by atoms with van der Waals surface area (Å²) in [5, 5.41) is 3.33. The first-order valence-corrected chi connectivity index (χ1v) is 21.2. The van der Waals surface area contributed by atoms with Gasteiger partial charge in [-0.15, -0.1) is 0 Å². The van der Waals surface area contributed by atoms with E-state index < -0.39 is 0 Å². The first-order chi connectivity index (χ1) is 23.5. The van der Waals surface area contributed by atoms with Gasteiger partial charge in [-0.05, 0) is 63.4 Å². The zero-order valence-electron chi connectivity index (χ0n) is 29.3. The molecule has 0 spiro atoms. The summed E-state index contributed by atoms with van der Waals surface area (Å²) in [5.74, 6) is 1.58. The van der Waals surface area contributed by atoms with E-state index in [1.54, 1.807) is 24.5 Å². The van der Waals surface area contributed by atoms with Gasteiger partial charge in [-0.1, -0.05) is 140 Å². The van der Waals surface area contributed by atoms with E-state index in [9.17, 15) is 0 Å². The molecular weight excluding hydrogens is 759 g/mol. The van der Waals surface area contributed by atoms with Gasteiger partial charge in [0.1, 0.15) is 0 Å². The number of hydrogen-bond donors (Lipinski definition) is 0. The number of anilines is 2. The third-order valence-corrected chi connectivity index (χ3v) is 9.27. The Labute approximate surface area is 314 Å². The van der Waals surface area contributed by atoms with Crippen LogP contribution in [0.1, 0.15) is 112 Å². The Bertz CT molecular complexity index is 1770. The van der Waals surface area contributed by atoms with Gasteiger partial charge >= 0.3 is 35.0 Å². The molecule has 7 rings (SSSR count). The number of nitrogens with zero attached hydrogens (tertiary/aromatic N) is 3. The second kappa shape index (κ2) is 16.5. The normalized spacial score (nSPS) is 13.4. The molecule has 0 fully saturated rings. The zero-order chi connectivity index (χ0) is 35.4. The minimum atomic E-state index is -0.106. The number of rotatable bonds is 6. The van der Waals surface area contributed by atoms with Gasteiger partial charge in [-0.25, -0.2) is 0 Å². The van der Waals surface area contributed by atoms with Crippen molar-refractivity contribution >= 4 is 64.2 Å². The Kier molecular flexibility index (Phi) is 12.6. The van der Waals surface area contributed by atoms with Gasteiger partial charge < -0.3 is 9.80 Å². The molecule has 3 nitrogen and oxygen atoms in total. The van der Waals surface area contributed by atoms with Crippen LogP contribution in [-0.2, 0) is 15.9 Å². The first kappa shape index (κ1) is 37.4. The SMILES string of the molecule is CC(C)c1cccc(C(C)C)c1N1[C]N(c2c(C(C)C)cccc2C(C)C)C2=C1c1cccc3cccc2c13.Clc1cccnc1.[Cl][Pd][Cl]. The Morgan fingerprint density at radius 3 is 1.27 bits per heavy atom. The standard InChI is InChI=1S/C37H40N2.C5H4ClN.2ClH.Pd/c1-22(2)27-15-11-16-28(23(3)4)34(27)38-21-39(35-29(24(5)6)17-12-18-30(35)25(7)8)37-32-20-10-14-26-13-9-19-31(33(26)32)36(37)38;6-5-2-1-3-7-4-5;;;/h9-20,22-25H,1-8H3;1-4H;2*1H;/q;;;;+2/p-2. The molecule has 0 amide bonds. The second-order valence-electron chi connectivity index (χ2n) is 13.6. The average Bonchev–Trinajstić information content (AvgIpc) is 3.63. The molecule has 258 valence electrons. The molecule has 2 heterocycles. The number of para-hydroxylation sites is 2. The molecule has 1 aromatic heterocycles. The molecule has 0 saturated heterocycles. The predicted molar refractivity (Wildman–Crippen MR) is 209 cm³/mol. The third-order valence-electron chi connectivity index (χ3n) is 9.04. The first-order valence-electron chi connectivity index (χ1n) is 16.8. The molecule has 0 N–H and O–H groups in total. The molecule has 5 aromatic rings. The van der Waals surface area contributed by atoms with Crippen molar-refractivity contribution in [2.75, 3.05) is 9.80 Å². The van der Waals surface area contributed by atoms with Crippen LogP contribution in [0.15, 0.2) is 97.3 Å². The maximum atomic E-state index is 5.48. The summed E-state index contributed by atoms with van der Waals surface area (Å²) in [5.41, 5.74) is 13.2. The molecule has 2 radical (unpaired) electrons. The van der Waals surface area contributed by atoms with Crippen molar-refractivity contribution in [3.8, 4) is 0 Å². The van der Waals surface area contributed by atoms with Crippen molar-refractivity contribution in [1.82, 2.24) is 4.98 Å². The molecule has 1 aliphatic carbocycles. The topological polar surface area (TPSA) is 19.4 Å². The summed E-state index contributed by atoms with van der Waals surface area (Å²) in [4.78, 5) is 8.58. The molecule has 0 bridgehead atoms. The molecule has 0 atom stereocenters. The van der Waals surface area contributed by atoms with Crippen molar-refractivity contribution < 1.29 is 15.9 Å². The van der Waals surface area contributed by atoms with Crippen LogP contribution in [0.2, 0.25) is 5.02 Å². The van der Waals surface area contributed by atoms with Gasteiger partial charge in [-0.3, -0.25) is 4.98 Å². The van der Waals surface area contributed by atoms with Crippen molar-refractivity contribution in [1.29, 1.82) is 0 Å². The van der Waals surface area contributed by atoms with E-state index in [2.05, 4.69) is 150 Å². The number of halogens is 3. The predicted octanol–water partition coefficient (Wildman–Crippen LogP) is 13.6. The Morgan fingerprint density at radius 1 is 0.571 bits per heavy atom. The maximum absolute atomic E-state index is 5.48. The number of fused-ring (bicyclic) bond motifs is 2. The Balaban J connectivity index is 0.000000407. The summed E-state index contributed by atoms with van der Waals surface area (Å²) < 4.78 is 0. The van der Waals surface area contributed by atoms with E-state index in [4.69, 9.17) is 30.7 Å². The summed E-state index contributed by atoms with van der Waals surface area (Å²) in [6.07, 6.45) is 3.29. The number of aromatic nitrogens is 1. The van der Waals surface area contributed by atoms with Crippen molar-refractivity contribution in [3.05, 3.63) is 142 Å². The van der Waals surface area contributed by atoms with Gasteiger partial charge in [0, 0.05) is 28.9 Å². The van der Waals surface area contributed by atoms with Crippen LogP contribution in [0, 0.1) is 6.67 Å². The van der Waals surface area contributed by atoms with Crippen LogP contribution in [0.5, 0.6) is 0 Å². The summed E-state index contributed by atoms with van der Waals surface area (Å²) in [7, 11) is 9.63. The molecule has 0 saturated carbocycles. The zero-order valence-corrected chi connectivity index (χ0v) is 33.2. The van der Waals surface area contributed by atoms with E-state index in [1.807, 2.05) is 0 Å². The van der Waals surface area contributed by atoms with Crippen molar-refractivity contribution in [2.24, 2.45) is 0 Å². The number of benzene rings is 4. The monoisotopic (exact) mass is 801 g/mol. The summed E-state index contributed by atoms with van der Waals surface area (Å²) >= 11 is 5.37. The molecule has 1 aliphatic heterocycles. The molecule has 7 heteroatoms. The van der Waals surface area contributed by atoms with E-state index in [0.29, 0.717) is 28.7 Å². The van der Waals surface area contributed by atoms with E-state index in [1.165, 1.54) is 66.9 Å². The second-order valence-corrected chi connectivity index (χ2v) is 16.4. The van der Waals surface area contributed by atoms with E-state index in [0.717, 1.165) is 0 Å². The Morgan fingerprint density at radius 2 is 0.959 bits per heavy atom. The molecule has 4 aromatic carbocycles. The molecule has 2 aliphatic rings. The van der Waals surface area contributed by atoms with Crippen LogP contribution in [0.4, 0.5) is 11.4 Å². The van der Waals surface area contributed by atoms with Crippen LogP contribution in [0.25, 0.3) is 22.2 Å². The average molecular weight is 804 g/mol. The van der Waals surface area contributed by atoms with Crippen LogP contribution in [0.3, 0.4) is 0 Å². The Hall–Kier alpha value is -2.84. The molecule has 49 heavy (non-hydrogen) atoms. The molecule has 0 unspecified atom stereocenters. The fraction of sp³-hybridized carbons (Fsp3) is 0.286. The summed E-state index contributed by atoms with van der Waals surface area (Å²) in [6, 6.07) is 30.8. The van der Waals surface area contributed by atoms with Gasteiger partial charge in [0.15, 0.2) is 0 Å². The van der Waals surface area contributed by atoms with Gasteiger partial charge in [-0.2, -0.15) is 0 Å². The van der Waals surface area contributed by atoms with Gasteiger partial charge in [0.2, 0.25) is 6.67 Å². The van der Waals surface area contributed by atoms with Crippen molar-refractivity contribution in [3.63, 3.8) is 0 Å². The van der Waals surface area contributed by atoms with Gasteiger partial charge in [0.25, 0.3) is 0 Å². The van der Waals surface area contributed by atoms with Crippen molar-refractivity contribution in [2.45, 2.75) is 79.1 Å². The van der Waals surface area contributed by atoms with E-state index in [-0.39, 0.29) is 15.9 Å². The van der Waals surface area contributed by atoms with Crippen LogP contribution < -0.4 is 9.80 Å². The van der Waals surface area contributed by atoms with Crippen LogP contribution >= 0.6 is 30.7 Å². The third kappa shape index (κ3) is 7.61. The quantitative estimate of drug-likeness (QED) is 0.159. The fourth-order valence-electron chi connectivity index (χ4n) is 6.85. The van der Waals surface area contributed by atoms with E-state index >= 15 is 0 Å². The molecular formula is C42H44Cl3N3Pd. The van der Waals surface area contributed by atoms with Gasteiger partial charge in [0.05, 0.1) is 27.8 Å².